The van der Waals surface area contributed by atoms with Gasteiger partial charge in [-0.1, -0.05) is 36.4 Å². The molecule has 1 aliphatic rings. The third kappa shape index (κ3) is 8.54. The minimum absolute atomic E-state index is 0.0407. The molecule has 1 amide bonds. The lowest BCUT2D eigenvalue weighted by Gasteiger charge is -2.34. The van der Waals surface area contributed by atoms with Crippen LogP contribution in [0.2, 0.25) is 0 Å². The zero-order valence-electron chi connectivity index (χ0n) is 23.3. The number of nitrogen functional groups attached to an aromatic ring is 1. The number of piperidine rings is 1. The van der Waals surface area contributed by atoms with Crippen LogP contribution >= 0.6 is 0 Å². The number of amidine groups is 1. The number of benzene rings is 3. The van der Waals surface area contributed by atoms with Crippen molar-refractivity contribution in [1.29, 1.82) is 5.41 Å². The molecule has 0 radical (unpaired) electrons. The first-order valence-electron chi connectivity index (χ1n) is 13.7. The van der Waals surface area contributed by atoms with Gasteiger partial charge in [-0.15, -0.1) is 0 Å². The van der Waals surface area contributed by atoms with Crippen LogP contribution in [0, 0.1) is 5.41 Å². The number of ether oxygens (including phenoxy) is 1. The average molecular weight is 559 g/mol. The number of carboxylic acid groups (broad SMARTS) is 1. The summed E-state index contributed by atoms with van der Waals surface area (Å²) in [6.45, 7) is 3.93. The fourth-order valence-corrected chi connectivity index (χ4v) is 5.06. The number of anilines is 2. The molecular formula is C31H38N6O4. The minimum Gasteiger partial charge on any atom is -0.482 e. The number of carbonyl (C=O) groups excluding carboxylic acids is 1. The number of rotatable bonds is 12. The summed E-state index contributed by atoms with van der Waals surface area (Å²) >= 11 is 0. The summed E-state index contributed by atoms with van der Waals surface area (Å²) in [5, 5.41) is 19.7. The van der Waals surface area contributed by atoms with Gasteiger partial charge < -0.3 is 31.5 Å². The Bertz CT molecular complexity index is 1350. The second kappa shape index (κ2) is 13.8. The van der Waals surface area contributed by atoms with Crippen LogP contribution in [0.15, 0.2) is 72.8 Å². The van der Waals surface area contributed by atoms with E-state index in [2.05, 4.69) is 22.3 Å². The maximum atomic E-state index is 13.2. The number of aliphatic carboxylic acids is 1. The Balaban J connectivity index is 1.45. The highest BCUT2D eigenvalue weighted by Crippen LogP contribution is 2.29. The Labute approximate surface area is 240 Å². The second-order valence-electron chi connectivity index (χ2n) is 10.4. The number of hydrogen-bond acceptors (Lipinski definition) is 7. The van der Waals surface area contributed by atoms with Crippen molar-refractivity contribution >= 4 is 29.1 Å². The van der Waals surface area contributed by atoms with Crippen molar-refractivity contribution in [3.8, 4) is 5.75 Å². The lowest BCUT2D eigenvalue weighted by molar-refractivity contribution is -0.139. The van der Waals surface area contributed by atoms with Crippen LogP contribution in [-0.4, -0.2) is 60.1 Å². The van der Waals surface area contributed by atoms with Crippen LogP contribution < -0.4 is 26.4 Å². The van der Waals surface area contributed by atoms with Gasteiger partial charge in [0.2, 0.25) is 5.91 Å². The molecule has 1 fully saturated rings. The normalized spacial score (nSPS) is 14.7. The van der Waals surface area contributed by atoms with Crippen molar-refractivity contribution in [2.75, 3.05) is 36.5 Å². The Hall–Kier alpha value is -4.41. The lowest BCUT2D eigenvalue weighted by Crippen LogP contribution is -2.44. The van der Waals surface area contributed by atoms with Crippen LogP contribution in [0.1, 0.15) is 42.4 Å². The largest absolute Gasteiger partial charge is 0.482 e. The van der Waals surface area contributed by atoms with E-state index in [9.17, 15) is 9.59 Å². The van der Waals surface area contributed by atoms with Crippen LogP contribution in [0.25, 0.3) is 0 Å². The van der Waals surface area contributed by atoms with E-state index in [4.69, 9.17) is 26.7 Å². The molecule has 41 heavy (non-hydrogen) atoms. The number of nitrogens with one attached hydrogen (secondary N) is 2. The van der Waals surface area contributed by atoms with Crippen molar-refractivity contribution < 1.29 is 19.4 Å². The highest BCUT2D eigenvalue weighted by molar-refractivity contribution is 5.97. The van der Waals surface area contributed by atoms with Gasteiger partial charge in [-0.25, -0.2) is 4.79 Å². The highest BCUT2D eigenvalue weighted by Gasteiger charge is 2.22. The third-order valence-electron chi connectivity index (χ3n) is 7.26. The molecule has 1 saturated heterocycles. The molecule has 10 heteroatoms. The fourth-order valence-electron chi connectivity index (χ4n) is 5.06. The van der Waals surface area contributed by atoms with Crippen molar-refractivity contribution in [3.05, 3.63) is 89.5 Å². The number of carbonyl (C=O) groups is 2. The molecule has 3 aromatic rings. The zero-order valence-corrected chi connectivity index (χ0v) is 23.3. The smallest absolute Gasteiger partial charge is 0.341 e. The van der Waals surface area contributed by atoms with E-state index in [1.165, 1.54) is 5.56 Å². The van der Waals surface area contributed by atoms with Gasteiger partial charge in [0.15, 0.2) is 6.61 Å². The molecule has 0 bridgehead atoms. The van der Waals surface area contributed by atoms with Crippen molar-refractivity contribution in [1.82, 2.24) is 4.90 Å². The molecular weight excluding hydrogens is 520 g/mol. The molecule has 0 aliphatic carbocycles. The SMILES string of the molecule is CC(N)N1CCC(c2ccc(NC(=O)CN(Cc3cccc(OCC(=O)O)c3)c3cccc(C(=N)N)c3)cc2)CC1. The average Bonchev–Trinajstić information content (AvgIpc) is 2.96. The van der Waals surface area contributed by atoms with Gasteiger partial charge in [-0.3, -0.25) is 15.1 Å². The van der Waals surface area contributed by atoms with Gasteiger partial charge in [-0.05, 0) is 73.2 Å². The first-order valence-corrected chi connectivity index (χ1v) is 13.7. The molecule has 0 saturated carbocycles. The number of nitrogens with zero attached hydrogens (tertiary/aromatic N) is 2. The monoisotopic (exact) mass is 558 g/mol. The van der Waals surface area contributed by atoms with Gasteiger partial charge in [0.05, 0.1) is 12.7 Å². The number of likely N-dealkylation sites (tertiary alicyclic amines) is 1. The third-order valence-corrected chi connectivity index (χ3v) is 7.26. The Kier molecular flexibility index (Phi) is 9.94. The fraction of sp³-hybridized carbons (Fsp3) is 0.323. The predicted molar refractivity (Wildman–Crippen MR) is 160 cm³/mol. The quantitative estimate of drug-likeness (QED) is 0.167. The lowest BCUT2D eigenvalue weighted by atomic mass is 9.89. The highest BCUT2D eigenvalue weighted by atomic mass is 16.5. The van der Waals surface area contributed by atoms with Crippen LogP contribution in [-0.2, 0) is 16.1 Å². The van der Waals surface area contributed by atoms with Crippen LogP contribution in [0.5, 0.6) is 5.75 Å². The van der Waals surface area contributed by atoms with Gasteiger partial charge in [0, 0.05) is 36.6 Å². The summed E-state index contributed by atoms with van der Waals surface area (Å²) in [6.07, 6.45) is 2.20. The van der Waals surface area contributed by atoms with Gasteiger partial charge in [0.1, 0.15) is 11.6 Å². The van der Waals surface area contributed by atoms with E-state index in [1.807, 2.05) is 36.1 Å². The molecule has 0 spiro atoms. The minimum atomic E-state index is -1.06. The van der Waals surface area contributed by atoms with Gasteiger partial charge >= 0.3 is 5.97 Å². The van der Waals surface area contributed by atoms with Crippen molar-refractivity contribution in [2.45, 2.75) is 38.4 Å². The zero-order chi connectivity index (χ0) is 29.4. The van der Waals surface area contributed by atoms with Gasteiger partial charge in [-0.2, -0.15) is 0 Å². The number of nitrogens with two attached hydrogens (primary N) is 2. The summed E-state index contributed by atoms with van der Waals surface area (Å²) in [4.78, 5) is 28.3. The van der Waals surface area contributed by atoms with Crippen molar-refractivity contribution in [3.63, 3.8) is 0 Å². The van der Waals surface area contributed by atoms with Gasteiger partial charge in [0.25, 0.3) is 0 Å². The Morgan fingerprint density at radius 3 is 2.46 bits per heavy atom. The predicted octanol–water partition coefficient (Wildman–Crippen LogP) is 3.56. The number of hydrogen-bond donors (Lipinski definition) is 5. The van der Waals surface area contributed by atoms with E-state index in [1.54, 1.807) is 36.4 Å². The Morgan fingerprint density at radius 2 is 1.80 bits per heavy atom. The molecule has 1 unspecified atom stereocenters. The summed E-state index contributed by atoms with van der Waals surface area (Å²) in [5.74, 6) is -0.420. The first kappa shape index (κ1) is 29.6. The van der Waals surface area contributed by atoms with E-state index in [-0.39, 0.29) is 24.5 Å². The molecule has 1 heterocycles. The van der Waals surface area contributed by atoms with Crippen molar-refractivity contribution in [2.24, 2.45) is 11.5 Å². The molecule has 0 aromatic heterocycles. The Morgan fingerprint density at radius 1 is 1.10 bits per heavy atom. The first-order chi connectivity index (χ1) is 19.7. The molecule has 10 nitrogen and oxygen atoms in total. The summed E-state index contributed by atoms with van der Waals surface area (Å²) in [6, 6.07) is 22.3. The van der Waals surface area contributed by atoms with E-state index >= 15 is 0 Å². The number of carboxylic acids is 1. The van der Waals surface area contributed by atoms with Crippen LogP contribution in [0.4, 0.5) is 11.4 Å². The molecule has 7 N–H and O–H groups in total. The second-order valence-corrected chi connectivity index (χ2v) is 10.4. The maximum Gasteiger partial charge on any atom is 0.341 e. The van der Waals surface area contributed by atoms with Crippen LogP contribution in [0.3, 0.4) is 0 Å². The molecule has 4 rings (SSSR count). The summed E-state index contributed by atoms with van der Waals surface area (Å²) in [5.41, 5.74) is 15.8. The maximum absolute atomic E-state index is 13.2. The molecule has 1 aliphatic heterocycles. The molecule has 1 atom stereocenters. The molecule has 3 aromatic carbocycles. The standard InChI is InChI=1S/C31H38N6O4/c1-21(32)36-14-12-24(13-15-36)23-8-10-26(11-9-23)35-29(38)19-37(27-6-3-5-25(17-27)31(33)34)18-22-4-2-7-28(16-22)41-20-30(39)40/h2-11,16-17,21,24H,12-15,18-20,32H2,1H3,(H3,33,34)(H,35,38)(H,39,40). The summed E-state index contributed by atoms with van der Waals surface area (Å²) in [7, 11) is 0. The van der Waals surface area contributed by atoms with E-state index in [0.717, 1.165) is 37.2 Å². The summed E-state index contributed by atoms with van der Waals surface area (Å²) < 4.78 is 5.33. The topological polar surface area (TPSA) is 158 Å². The van der Waals surface area contributed by atoms with E-state index in [0.29, 0.717) is 29.5 Å². The number of amides is 1. The molecule has 216 valence electrons. The van der Waals surface area contributed by atoms with E-state index < -0.39 is 12.6 Å².